The van der Waals surface area contributed by atoms with E-state index in [0.717, 1.165) is 18.5 Å². The third kappa shape index (κ3) is 4.32. The maximum atomic E-state index is 12.1. The Hall–Kier alpha value is -2.41. The van der Waals surface area contributed by atoms with Crippen molar-refractivity contribution in [1.29, 1.82) is 0 Å². The number of methoxy groups -OCH3 is 1. The molecule has 1 N–H and O–H groups in total. The summed E-state index contributed by atoms with van der Waals surface area (Å²) >= 11 is 0. The molecule has 0 aliphatic carbocycles. The summed E-state index contributed by atoms with van der Waals surface area (Å²) in [5.74, 6) is 0.209. The fourth-order valence-corrected chi connectivity index (χ4v) is 2.48. The van der Waals surface area contributed by atoms with Crippen LogP contribution in [0.25, 0.3) is 11.0 Å². The van der Waals surface area contributed by atoms with Gasteiger partial charge in [0.1, 0.15) is 5.82 Å². The molecule has 0 radical (unpaired) electrons. The fourth-order valence-electron chi connectivity index (χ4n) is 2.48. The van der Waals surface area contributed by atoms with E-state index in [0.29, 0.717) is 23.4 Å². The number of hydrogen-bond acceptors (Lipinski definition) is 5. The highest BCUT2D eigenvalue weighted by atomic mass is 16.5. The predicted octanol–water partition coefficient (Wildman–Crippen LogP) is 0.970. The lowest BCUT2D eigenvalue weighted by Gasteiger charge is -2.09. The maximum absolute atomic E-state index is 12.1. The number of imidazole rings is 1. The molecule has 0 fully saturated rings. The van der Waals surface area contributed by atoms with Crippen LogP contribution >= 0.6 is 0 Å². The van der Waals surface area contributed by atoms with Gasteiger partial charge in [-0.05, 0) is 45.3 Å². The third-order valence-corrected chi connectivity index (χ3v) is 3.82. The van der Waals surface area contributed by atoms with Gasteiger partial charge in [-0.25, -0.2) is 9.78 Å². The van der Waals surface area contributed by atoms with Gasteiger partial charge in [0.25, 0.3) is 0 Å². The Morgan fingerprint density at radius 1 is 1.33 bits per heavy atom. The van der Waals surface area contributed by atoms with Crippen LogP contribution in [0, 0.1) is 0 Å². The average molecular weight is 332 g/mol. The molecule has 1 aromatic heterocycles. The first-order valence-electron chi connectivity index (χ1n) is 7.87. The first-order valence-corrected chi connectivity index (χ1v) is 7.87. The second-order valence-electron chi connectivity index (χ2n) is 5.97. The van der Waals surface area contributed by atoms with Gasteiger partial charge in [0.15, 0.2) is 0 Å². The van der Waals surface area contributed by atoms with Crippen molar-refractivity contribution >= 4 is 22.9 Å². The van der Waals surface area contributed by atoms with Crippen LogP contribution < -0.4 is 5.32 Å². The van der Waals surface area contributed by atoms with Crippen LogP contribution in [0.5, 0.6) is 0 Å². The van der Waals surface area contributed by atoms with Crippen LogP contribution in [-0.2, 0) is 23.0 Å². The molecular formula is C17H24N4O3. The molecule has 0 unspecified atom stereocenters. The lowest BCUT2D eigenvalue weighted by atomic mass is 10.2. The standard InChI is InChI=1S/C17H24N4O3/c1-20(2)9-5-8-18-16(22)11-15-19-13-10-12(17(23)24-4)6-7-14(13)21(15)3/h6-7,10H,5,8-9,11H2,1-4H3,(H,18,22). The van der Waals surface area contributed by atoms with Crippen molar-refractivity contribution < 1.29 is 14.3 Å². The van der Waals surface area contributed by atoms with E-state index in [9.17, 15) is 9.59 Å². The maximum Gasteiger partial charge on any atom is 0.337 e. The van der Waals surface area contributed by atoms with E-state index in [1.54, 1.807) is 12.1 Å². The van der Waals surface area contributed by atoms with Crippen LogP contribution in [0.2, 0.25) is 0 Å². The minimum atomic E-state index is -0.400. The molecule has 24 heavy (non-hydrogen) atoms. The van der Waals surface area contributed by atoms with E-state index in [2.05, 4.69) is 15.2 Å². The van der Waals surface area contributed by atoms with E-state index in [-0.39, 0.29) is 12.3 Å². The van der Waals surface area contributed by atoms with Crippen LogP contribution in [-0.4, -0.2) is 60.6 Å². The quantitative estimate of drug-likeness (QED) is 0.604. The first-order chi connectivity index (χ1) is 11.4. The van der Waals surface area contributed by atoms with Crippen molar-refractivity contribution in [2.75, 3.05) is 34.3 Å². The summed E-state index contributed by atoms with van der Waals surface area (Å²) in [5.41, 5.74) is 2.00. The molecule has 2 rings (SSSR count). The number of carbonyl (C=O) groups is 2. The molecule has 1 amide bonds. The second-order valence-corrected chi connectivity index (χ2v) is 5.97. The minimum Gasteiger partial charge on any atom is -0.465 e. The molecule has 1 aromatic carbocycles. The largest absolute Gasteiger partial charge is 0.465 e. The van der Waals surface area contributed by atoms with Crippen molar-refractivity contribution in [3.8, 4) is 0 Å². The molecule has 0 spiro atoms. The Balaban J connectivity index is 2.05. The van der Waals surface area contributed by atoms with Crippen LogP contribution in [0.15, 0.2) is 18.2 Å². The number of nitrogens with zero attached hydrogens (tertiary/aromatic N) is 3. The van der Waals surface area contributed by atoms with Gasteiger partial charge in [-0.1, -0.05) is 0 Å². The number of fused-ring (bicyclic) bond motifs is 1. The highest BCUT2D eigenvalue weighted by Crippen LogP contribution is 2.17. The smallest absolute Gasteiger partial charge is 0.337 e. The summed E-state index contributed by atoms with van der Waals surface area (Å²) in [4.78, 5) is 30.2. The molecule has 0 saturated carbocycles. The molecule has 0 aliphatic rings. The molecule has 2 aromatic rings. The lowest BCUT2D eigenvalue weighted by molar-refractivity contribution is -0.120. The number of aromatic nitrogens is 2. The topological polar surface area (TPSA) is 76.5 Å². The van der Waals surface area contributed by atoms with E-state index in [1.165, 1.54) is 7.11 Å². The van der Waals surface area contributed by atoms with E-state index in [1.807, 2.05) is 31.8 Å². The molecule has 7 heteroatoms. The van der Waals surface area contributed by atoms with Crippen LogP contribution in [0.1, 0.15) is 22.6 Å². The monoisotopic (exact) mass is 332 g/mol. The molecule has 130 valence electrons. The molecule has 0 atom stereocenters. The molecule has 1 heterocycles. The minimum absolute atomic E-state index is 0.0552. The Morgan fingerprint density at radius 3 is 2.75 bits per heavy atom. The zero-order valence-corrected chi connectivity index (χ0v) is 14.6. The Bertz CT molecular complexity index is 737. The van der Waals surface area contributed by atoms with Gasteiger partial charge in [0, 0.05) is 13.6 Å². The van der Waals surface area contributed by atoms with Crippen molar-refractivity contribution in [3.63, 3.8) is 0 Å². The van der Waals surface area contributed by atoms with Gasteiger partial charge in [-0.3, -0.25) is 4.79 Å². The molecule has 0 aliphatic heterocycles. The Kier molecular flexibility index (Phi) is 5.92. The average Bonchev–Trinajstić information content (AvgIpc) is 2.86. The zero-order valence-electron chi connectivity index (χ0n) is 14.6. The van der Waals surface area contributed by atoms with Crippen LogP contribution in [0.4, 0.5) is 0 Å². The third-order valence-electron chi connectivity index (χ3n) is 3.82. The van der Waals surface area contributed by atoms with Crippen molar-refractivity contribution in [3.05, 3.63) is 29.6 Å². The van der Waals surface area contributed by atoms with Gasteiger partial charge in [0.05, 0.1) is 30.1 Å². The predicted molar refractivity (Wildman–Crippen MR) is 91.9 cm³/mol. The number of hydrogen-bond donors (Lipinski definition) is 1. The van der Waals surface area contributed by atoms with Gasteiger partial charge in [0.2, 0.25) is 5.91 Å². The van der Waals surface area contributed by atoms with Gasteiger partial charge in [-0.15, -0.1) is 0 Å². The summed E-state index contributed by atoms with van der Waals surface area (Å²) in [7, 11) is 7.21. The van der Waals surface area contributed by atoms with Gasteiger partial charge >= 0.3 is 5.97 Å². The van der Waals surface area contributed by atoms with Crippen molar-refractivity contribution in [1.82, 2.24) is 19.8 Å². The van der Waals surface area contributed by atoms with Gasteiger partial charge < -0.3 is 19.5 Å². The van der Waals surface area contributed by atoms with Crippen LogP contribution in [0.3, 0.4) is 0 Å². The number of amides is 1. The summed E-state index contributed by atoms with van der Waals surface area (Å²) in [5, 5.41) is 2.90. The highest BCUT2D eigenvalue weighted by Gasteiger charge is 2.14. The number of benzene rings is 1. The van der Waals surface area contributed by atoms with E-state index in [4.69, 9.17) is 4.74 Å². The molecule has 0 saturated heterocycles. The number of ether oxygens (including phenoxy) is 1. The highest BCUT2D eigenvalue weighted by molar-refractivity contribution is 5.93. The lowest BCUT2D eigenvalue weighted by Crippen LogP contribution is -2.29. The van der Waals surface area contributed by atoms with E-state index < -0.39 is 5.97 Å². The molecule has 0 bridgehead atoms. The number of aryl methyl sites for hydroxylation is 1. The normalized spacial score (nSPS) is 11.0. The second kappa shape index (κ2) is 7.92. The van der Waals surface area contributed by atoms with Gasteiger partial charge in [-0.2, -0.15) is 0 Å². The first kappa shape index (κ1) is 17.9. The van der Waals surface area contributed by atoms with Crippen molar-refractivity contribution in [2.24, 2.45) is 7.05 Å². The Labute approximate surface area is 141 Å². The summed E-state index contributed by atoms with van der Waals surface area (Å²) in [6.07, 6.45) is 1.12. The number of esters is 1. The Morgan fingerprint density at radius 2 is 2.08 bits per heavy atom. The number of nitrogens with one attached hydrogen (secondary N) is 1. The fraction of sp³-hybridized carbons (Fsp3) is 0.471. The molecular weight excluding hydrogens is 308 g/mol. The van der Waals surface area contributed by atoms with E-state index >= 15 is 0 Å². The molecule has 7 nitrogen and oxygen atoms in total. The number of rotatable bonds is 7. The zero-order chi connectivity index (χ0) is 17.7. The number of carbonyl (C=O) groups excluding carboxylic acids is 2. The summed E-state index contributed by atoms with van der Waals surface area (Å²) < 4.78 is 6.59. The van der Waals surface area contributed by atoms with Crippen molar-refractivity contribution in [2.45, 2.75) is 12.8 Å². The summed E-state index contributed by atoms with van der Waals surface area (Å²) in [6, 6.07) is 5.19. The SMILES string of the molecule is COC(=O)c1ccc2c(c1)nc(CC(=O)NCCCN(C)C)n2C. The summed E-state index contributed by atoms with van der Waals surface area (Å²) in [6.45, 7) is 1.58.